The van der Waals surface area contributed by atoms with E-state index in [9.17, 15) is 0 Å². The summed E-state index contributed by atoms with van der Waals surface area (Å²) in [5.74, 6) is 1.02. The highest BCUT2D eigenvalue weighted by atomic mass is 35.5. The van der Waals surface area contributed by atoms with Gasteiger partial charge in [0.1, 0.15) is 11.0 Å². The van der Waals surface area contributed by atoms with Crippen LogP contribution in [0.15, 0.2) is 36.4 Å². The van der Waals surface area contributed by atoms with E-state index in [1.165, 1.54) is 5.52 Å². The quantitative estimate of drug-likeness (QED) is 0.740. The monoisotopic (exact) mass is 300 g/mol. The van der Waals surface area contributed by atoms with E-state index >= 15 is 0 Å². The molecule has 3 rings (SSSR count). The van der Waals surface area contributed by atoms with Crippen molar-refractivity contribution < 1.29 is 0 Å². The molecular formula is C16H17ClN4. The van der Waals surface area contributed by atoms with Crippen LogP contribution in [0.1, 0.15) is 18.4 Å². The molecule has 0 radical (unpaired) electrons. The maximum absolute atomic E-state index is 5.88. The first kappa shape index (κ1) is 13.9. The van der Waals surface area contributed by atoms with Crippen molar-refractivity contribution in [2.24, 2.45) is 0 Å². The van der Waals surface area contributed by atoms with Gasteiger partial charge < -0.3 is 9.88 Å². The number of halogens is 1. The van der Waals surface area contributed by atoms with Crippen LogP contribution in [-0.4, -0.2) is 14.5 Å². The summed E-state index contributed by atoms with van der Waals surface area (Å²) < 4.78 is 2.22. The largest absolute Gasteiger partial charge is 0.376 e. The van der Waals surface area contributed by atoms with Gasteiger partial charge in [-0.1, -0.05) is 23.7 Å². The average Bonchev–Trinajstić information content (AvgIpc) is 2.83. The van der Waals surface area contributed by atoms with Gasteiger partial charge >= 0.3 is 0 Å². The second-order valence-electron chi connectivity index (χ2n) is 4.88. The average molecular weight is 301 g/mol. The Bertz CT molecular complexity index is 779. The number of hydrogen-bond acceptors (Lipinski definition) is 3. The predicted octanol–water partition coefficient (Wildman–Crippen LogP) is 4.03. The molecule has 5 heteroatoms. The Morgan fingerprint density at radius 2 is 1.95 bits per heavy atom. The van der Waals surface area contributed by atoms with Crippen molar-refractivity contribution in [3.8, 4) is 0 Å². The van der Waals surface area contributed by atoms with Gasteiger partial charge in [-0.2, -0.15) is 0 Å². The standard InChI is InChI=1S/C16H17ClN4/c1-3-21-14-7-5-4-6-13(14)20-16(21)10-18-12-8-9-15(17)19-11(12)2/h4-9,18H,3,10H2,1-2H3. The van der Waals surface area contributed by atoms with E-state index in [0.717, 1.165) is 29.3 Å². The van der Waals surface area contributed by atoms with Crippen LogP contribution in [0.5, 0.6) is 0 Å². The van der Waals surface area contributed by atoms with Crippen LogP contribution in [-0.2, 0) is 13.1 Å². The van der Waals surface area contributed by atoms with Crippen molar-refractivity contribution in [3.05, 3.63) is 53.1 Å². The maximum atomic E-state index is 5.88. The lowest BCUT2D eigenvalue weighted by atomic mass is 10.3. The summed E-state index contributed by atoms with van der Waals surface area (Å²) in [6.45, 7) is 5.63. The Hall–Kier alpha value is -2.07. The summed E-state index contributed by atoms with van der Waals surface area (Å²) in [5, 5.41) is 3.90. The van der Waals surface area contributed by atoms with Crippen molar-refractivity contribution in [2.45, 2.75) is 26.9 Å². The van der Waals surface area contributed by atoms with Crippen LogP contribution >= 0.6 is 11.6 Å². The van der Waals surface area contributed by atoms with Gasteiger partial charge in [-0.05, 0) is 38.1 Å². The Kier molecular flexibility index (Phi) is 3.80. The number of aryl methyl sites for hydroxylation is 2. The molecule has 0 amide bonds. The molecular weight excluding hydrogens is 284 g/mol. The zero-order chi connectivity index (χ0) is 14.8. The number of anilines is 1. The van der Waals surface area contributed by atoms with Gasteiger partial charge in [0, 0.05) is 6.54 Å². The van der Waals surface area contributed by atoms with Crippen LogP contribution in [0, 0.1) is 6.92 Å². The Morgan fingerprint density at radius 3 is 2.71 bits per heavy atom. The number of benzene rings is 1. The molecule has 108 valence electrons. The fraction of sp³-hybridized carbons (Fsp3) is 0.250. The first-order valence-electron chi connectivity index (χ1n) is 7.00. The minimum atomic E-state index is 0.513. The van der Waals surface area contributed by atoms with E-state index in [0.29, 0.717) is 11.7 Å². The lowest BCUT2D eigenvalue weighted by Crippen LogP contribution is -2.09. The molecule has 0 aliphatic carbocycles. The highest BCUT2D eigenvalue weighted by molar-refractivity contribution is 6.29. The summed E-state index contributed by atoms with van der Waals surface area (Å²) >= 11 is 5.88. The molecule has 3 aromatic rings. The van der Waals surface area contributed by atoms with Gasteiger partial charge in [0.15, 0.2) is 0 Å². The predicted molar refractivity (Wildman–Crippen MR) is 86.7 cm³/mol. The van der Waals surface area contributed by atoms with E-state index < -0.39 is 0 Å². The number of fused-ring (bicyclic) bond motifs is 1. The summed E-state index contributed by atoms with van der Waals surface area (Å²) in [4.78, 5) is 8.95. The SMILES string of the molecule is CCn1c(CNc2ccc(Cl)nc2C)nc2ccccc21. The second-order valence-corrected chi connectivity index (χ2v) is 5.27. The Morgan fingerprint density at radius 1 is 1.14 bits per heavy atom. The molecule has 1 N–H and O–H groups in total. The van der Waals surface area contributed by atoms with Crippen molar-refractivity contribution >= 4 is 28.3 Å². The zero-order valence-electron chi connectivity index (χ0n) is 12.1. The molecule has 0 saturated heterocycles. The molecule has 0 atom stereocenters. The number of para-hydroxylation sites is 2. The van der Waals surface area contributed by atoms with Crippen molar-refractivity contribution in [2.75, 3.05) is 5.32 Å². The normalized spacial score (nSPS) is 11.0. The summed E-state index contributed by atoms with van der Waals surface area (Å²) in [7, 11) is 0. The number of pyridine rings is 1. The molecule has 2 heterocycles. The fourth-order valence-electron chi connectivity index (χ4n) is 2.50. The molecule has 0 aliphatic rings. The molecule has 0 unspecified atom stereocenters. The first-order valence-corrected chi connectivity index (χ1v) is 7.38. The third-order valence-electron chi connectivity index (χ3n) is 3.54. The van der Waals surface area contributed by atoms with Gasteiger partial charge in [0.05, 0.1) is 29.0 Å². The molecule has 0 bridgehead atoms. The van der Waals surface area contributed by atoms with Crippen LogP contribution in [0.25, 0.3) is 11.0 Å². The molecule has 0 aliphatic heterocycles. The second kappa shape index (κ2) is 5.74. The van der Waals surface area contributed by atoms with Gasteiger partial charge in [-0.3, -0.25) is 0 Å². The summed E-state index contributed by atoms with van der Waals surface area (Å²) in [5.41, 5.74) is 4.07. The van der Waals surface area contributed by atoms with E-state index in [1.807, 2.05) is 31.2 Å². The lowest BCUT2D eigenvalue weighted by Gasteiger charge is -2.10. The topological polar surface area (TPSA) is 42.7 Å². The molecule has 0 fully saturated rings. The van der Waals surface area contributed by atoms with Crippen molar-refractivity contribution in [3.63, 3.8) is 0 Å². The summed E-state index contributed by atoms with van der Waals surface area (Å²) in [6.07, 6.45) is 0. The molecule has 0 saturated carbocycles. The minimum Gasteiger partial charge on any atom is -0.376 e. The van der Waals surface area contributed by atoms with E-state index in [1.54, 1.807) is 6.07 Å². The number of nitrogens with one attached hydrogen (secondary N) is 1. The number of nitrogens with zero attached hydrogens (tertiary/aromatic N) is 3. The van der Waals surface area contributed by atoms with Crippen LogP contribution in [0.4, 0.5) is 5.69 Å². The van der Waals surface area contributed by atoms with Gasteiger partial charge in [0.25, 0.3) is 0 Å². The highest BCUT2D eigenvalue weighted by Gasteiger charge is 2.09. The molecule has 1 aromatic carbocycles. The van der Waals surface area contributed by atoms with E-state index in [4.69, 9.17) is 16.6 Å². The number of rotatable bonds is 4. The van der Waals surface area contributed by atoms with Crippen molar-refractivity contribution in [1.29, 1.82) is 0 Å². The number of aromatic nitrogens is 3. The Balaban J connectivity index is 1.88. The van der Waals surface area contributed by atoms with Gasteiger partial charge in [-0.25, -0.2) is 9.97 Å². The van der Waals surface area contributed by atoms with Gasteiger partial charge in [-0.15, -0.1) is 0 Å². The molecule has 21 heavy (non-hydrogen) atoms. The van der Waals surface area contributed by atoms with Crippen LogP contribution in [0.3, 0.4) is 0 Å². The minimum absolute atomic E-state index is 0.513. The van der Waals surface area contributed by atoms with E-state index in [2.05, 4.69) is 27.9 Å². The lowest BCUT2D eigenvalue weighted by molar-refractivity contribution is 0.728. The van der Waals surface area contributed by atoms with Crippen LogP contribution in [0.2, 0.25) is 5.15 Å². The Labute approximate surface area is 128 Å². The first-order chi connectivity index (χ1) is 10.2. The molecule has 4 nitrogen and oxygen atoms in total. The number of hydrogen-bond donors (Lipinski definition) is 1. The van der Waals surface area contributed by atoms with Gasteiger partial charge in [0.2, 0.25) is 0 Å². The fourth-order valence-corrected chi connectivity index (χ4v) is 2.69. The number of imidazole rings is 1. The smallest absolute Gasteiger partial charge is 0.129 e. The third kappa shape index (κ3) is 2.72. The molecule has 2 aromatic heterocycles. The summed E-state index contributed by atoms with van der Waals surface area (Å²) in [6, 6.07) is 11.9. The molecule has 0 spiro atoms. The third-order valence-corrected chi connectivity index (χ3v) is 3.75. The van der Waals surface area contributed by atoms with E-state index in [-0.39, 0.29) is 0 Å². The maximum Gasteiger partial charge on any atom is 0.129 e. The highest BCUT2D eigenvalue weighted by Crippen LogP contribution is 2.19. The van der Waals surface area contributed by atoms with Crippen molar-refractivity contribution in [1.82, 2.24) is 14.5 Å². The van der Waals surface area contributed by atoms with Crippen LogP contribution < -0.4 is 5.32 Å². The zero-order valence-corrected chi connectivity index (χ0v) is 12.9.